The maximum absolute atomic E-state index is 11.5. The van der Waals surface area contributed by atoms with Gasteiger partial charge in [-0.1, -0.05) is 78.9 Å². The molecule has 0 spiro atoms. The molecule has 3 aromatic rings. The van der Waals surface area contributed by atoms with Gasteiger partial charge in [-0.2, -0.15) is 0 Å². The first kappa shape index (κ1) is 22.4. The molecule has 0 radical (unpaired) electrons. The van der Waals surface area contributed by atoms with Gasteiger partial charge in [-0.15, -0.1) is 0 Å². The highest BCUT2D eigenvalue weighted by Crippen LogP contribution is 2.27. The van der Waals surface area contributed by atoms with Crippen LogP contribution in [-0.4, -0.2) is 18.7 Å². The van der Waals surface area contributed by atoms with Crippen molar-refractivity contribution in [3.05, 3.63) is 114 Å². The summed E-state index contributed by atoms with van der Waals surface area (Å²) in [6, 6.07) is 29.5. The third-order valence-electron chi connectivity index (χ3n) is 5.11. The van der Waals surface area contributed by atoms with E-state index in [0.29, 0.717) is 12.5 Å². The van der Waals surface area contributed by atoms with Gasteiger partial charge < -0.3 is 9.47 Å². The molecule has 1 atom stereocenters. The molecule has 160 valence electrons. The zero-order valence-electron chi connectivity index (χ0n) is 18.2. The third-order valence-corrected chi connectivity index (χ3v) is 5.11. The highest BCUT2D eigenvalue weighted by molar-refractivity contribution is 5.81. The molecule has 0 bridgehead atoms. The Labute approximate surface area is 185 Å². The normalized spacial score (nSPS) is 12.1. The van der Waals surface area contributed by atoms with Crippen molar-refractivity contribution in [3.63, 3.8) is 0 Å². The van der Waals surface area contributed by atoms with Crippen molar-refractivity contribution in [2.45, 2.75) is 38.7 Å². The van der Waals surface area contributed by atoms with E-state index in [4.69, 9.17) is 9.47 Å². The van der Waals surface area contributed by atoms with Gasteiger partial charge in [-0.05, 0) is 61.4 Å². The monoisotopic (exact) mass is 414 g/mol. The van der Waals surface area contributed by atoms with E-state index in [1.807, 2.05) is 19.1 Å². The number of carbonyl (C=O) groups is 1. The molecule has 1 unspecified atom stereocenters. The molecule has 0 aliphatic heterocycles. The molecule has 0 heterocycles. The summed E-state index contributed by atoms with van der Waals surface area (Å²) in [5, 5.41) is 0. The van der Waals surface area contributed by atoms with E-state index in [1.165, 1.54) is 22.8 Å². The molecule has 3 heteroatoms. The molecule has 0 aliphatic rings. The average Bonchev–Trinajstić information content (AvgIpc) is 2.79. The van der Waals surface area contributed by atoms with Gasteiger partial charge in [0.25, 0.3) is 0 Å². The first-order chi connectivity index (χ1) is 15.1. The fourth-order valence-electron chi connectivity index (χ4n) is 3.56. The minimum absolute atomic E-state index is 0.313. The van der Waals surface area contributed by atoms with E-state index in [1.54, 1.807) is 13.0 Å². The number of carbonyl (C=O) groups excluding carboxylic acids is 1. The molecule has 0 amide bonds. The second kappa shape index (κ2) is 11.8. The van der Waals surface area contributed by atoms with E-state index in [2.05, 4.69) is 72.8 Å². The third kappa shape index (κ3) is 7.45. The van der Waals surface area contributed by atoms with Crippen LogP contribution in [0.1, 0.15) is 36.5 Å². The molecule has 0 fully saturated rings. The Kier molecular flexibility index (Phi) is 8.48. The first-order valence-corrected chi connectivity index (χ1v) is 10.8. The van der Waals surface area contributed by atoms with Crippen molar-refractivity contribution in [1.29, 1.82) is 0 Å². The van der Waals surface area contributed by atoms with Crippen molar-refractivity contribution in [1.82, 2.24) is 0 Å². The fourth-order valence-corrected chi connectivity index (χ4v) is 3.56. The summed E-state index contributed by atoms with van der Waals surface area (Å²) < 4.78 is 11.1. The number of benzene rings is 3. The number of hydrogen-bond donors (Lipinski definition) is 0. The fraction of sp³-hybridized carbons (Fsp3) is 0.250. The number of allylic oxidation sites excluding steroid dienone is 1. The van der Waals surface area contributed by atoms with E-state index in [0.717, 1.165) is 18.6 Å². The lowest BCUT2D eigenvalue weighted by Crippen LogP contribution is -2.20. The Bertz CT molecular complexity index is 905. The predicted molar refractivity (Wildman–Crippen MR) is 125 cm³/mol. The molecular weight excluding hydrogens is 384 g/mol. The lowest BCUT2D eigenvalue weighted by atomic mass is 9.86. The largest absolute Gasteiger partial charge is 0.490 e. The van der Waals surface area contributed by atoms with E-state index < -0.39 is 0 Å². The number of rotatable bonds is 10. The number of ether oxygens (including phenoxy) is 2. The molecule has 0 saturated carbocycles. The summed E-state index contributed by atoms with van der Waals surface area (Å²) in [7, 11) is 0. The second-order valence-electron chi connectivity index (χ2n) is 7.70. The van der Waals surface area contributed by atoms with Crippen LogP contribution in [0.2, 0.25) is 0 Å². The summed E-state index contributed by atoms with van der Waals surface area (Å²) in [4.78, 5) is 11.5. The molecule has 0 saturated heterocycles. The van der Waals surface area contributed by atoms with E-state index >= 15 is 0 Å². The van der Waals surface area contributed by atoms with Gasteiger partial charge in [0.2, 0.25) is 0 Å². The van der Waals surface area contributed by atoms with Crippen LogP contribution in [0.5, 0.6) is 5.75 Å². The maximum atomic E-state index is 11.5. The molecular formula is C28H30O3. The van der Waals surface area contributed by atoms with Crippen LogP contribution in [0.4, 0.5) is 0 Å². The maximum Gasteiger partial charge on any atom is 0.330 e. The van der Waals surface area contributed by atoms with Crippen molar-refractivity contribution >= 4 is 5.97 Å². The van der Waals surface area contributed by atoms with Crippen LogP contribution < -0.4 is 4.74 Å². The molecule has 0 N–H and O–H groups in total. The lowest BCUT2D eigenvalue weighted by molar-refractivity contribution is -0.143. The van der Waals surface area contributed by atoms with Crippen molar-refractivity contribution < 1.29 is 14.3 Å². The lowest BCUT2D eigenvalue weighted by Gasteiger charge is -2.19. The molecule has 3 rings (SSSR count). The highest BCUT2D eigenvalue weighted by atomic mass is 16.6. The van der Waals surface area contributed by atoms with Gasteiger partial charge in [0, 0.05) is 6.08 Å². The van der Waals surface area contributed by atoms with Crippen LogP contribution >= 0.6 is 0 Å². The molecule has 3 nitrogen and oxygen atoms in total. The van der Waals surface area contributed by atoms with Gasteiger partial charge in [0.05, 0.1) is 0 Å². The van der Waals surface area contributed by atoms with Crippen LogP contribution in [0.15, 0.2) is 97.1 Å². The predicted octanol–water partition coefficient (Wildman–Crippen LogP) is 6.14. The molecule has 0 aliphatic carbocycles. The average molecular weight is 415 g/mol. The zero-order chi connectivity index (χ0) is 21.9. The molecule has 0 aromatic heterocycles. The topological polar surface area (TPSA) is 35.5 Å². The van der Waals surface area contributed by atoms with Gasteiger partial charge in [0.15, 0.2) is 0 Å². The Morgan fingerprint density at radius 2 is 1.39 bits per heavy atom. The standard InChI is InChI=1S/C28H30O3/c1-3-10-28(29)31-22(2)21-30-27-17-15-25(16-18-27)26(19-23-11-6-4-7-12-23)20-24-13-8-5-9-14-24/h3-18,22,26H,19-21H2,1-2H3/b10-3-. The Morgan fingerprint density at radius 1 is 0.839 bits per heavy atom. The van der Waals surface area contributed by atoms with Crippen LogP contribution in [0.3, 0.4) is 0 Å². The summed E-state index contributed by atoms with van der Waals surface area (Å²) in [5.74, 6) is 0.800. The smallest absolute Gasteiger partial charge is 0.330 e. The zero-order valence-corrected chi connectivity index (χ0v) is 18.2. The van der Waals surface area contributed by atoms with Gasteiger partial charge in [0.1, 0.15) is 18.5 Å². The quantitative estimate of drug-likeness (QED) is 0.295. The van der Waals surface area contributed by atoms with Crippen molar-refractivity contribution in [2.75, 3.05) is 6.61 Å². The van der Waals surface area contributed by atoms with Crippen LogP contribution in [0.25, 0.3) is 0 Å². The van der Waals surface area contributed by atoms with Crippen LogP contribution in [0, 0.1) is 0 Å². The minimum Gasteiger partial charge on any atom is -0.490 e. The second-order valence-corrected chi connectivity index (χ2v) is 7.70. The minimum atomic E-state index is -0.349. The Hall–Kier alpha value is -3.33. The summed E-state index contributed by atoms with van der Waals surface area (Å²) in [5.41, 5.74) is 3.95. The van der Waals surface area contributed by atoms with Gasteiger partial charge in [-0.3, -0.25) is 0 Å². The van der Waals surface area contributed by atoms with Gasteiger partial charge in [-0.25, -0.2) is 4.79 Å². The molecule has 3 aromatic carbocycles. The SMILES string of the molecule is C/C=C\C(=O)OC(C)COc1ccc(C(Cc2ccccc2)Cc2ccccc2)cc1. The summed E-state index contributed by atoms with van der Waals surface area (Å²) in [6.45, 7) is 3.93. The first-order valence-electron chi connectivity index (χ1n) is 10.8. The Morgan fingerprint density at radius 3 is 1.90 bits per heavy atom. The Balaban J connectivity index is 1.66. The van der Waals surface area contributed by atoms with E-state index in [9.17, 15) is 4.79 Å². The summed E-state index contributed by atoms with van der Waals surface area (Å²) >= 11 is 0. The van der Waals surface area contributed by atoms with Gasteiger partial charge >= 0.3 is 5.97 Å². The van der Waals surface area contributed by atoms with Crippen LogP contribution in [-0.2, 0) is 22.4 Å². The van der Waals surface area contributed by atoms with Crippen molar-refractivity contribution in [2.24, 2.45) is 0 Å². The van der Waals surface area contributed by atoms with Crippen molar-refractivity contribution in [3.8, 4) is 5.75 Å². The molecule has 31 heavy (non-hydrogen) atoms. The number of hydrogen-bond acceptors (Lipinski definition) is 3. The number of esters is 1. The highest BCUT2D eigenvalue weighted by Gasteiger charge is 2.14. The summed E-state index contributed by atoms with van der Waals surface area (Å²) in [6.07, 6.45) is 4.72. The van der Waals surface area contributed by atoms with E-state index in [-0.39, 0.29) is 12.1 Å².